The topological polar surface area (TPSA) is 160 Å². The minimum atomic E-state index is -1.38. The van der Waals surface area contributed by atoms with Crippen molar-refractivity contribution in [2.75, 3.05) is 47.1 Å². The van der Waals surface area contributed by atoms with E-state index in [1.807, 2.05) is 37.1 Å². The number of hydrogen-bond acceptors (Lipinski definition) is 11. The summed E-state index contributed by atoms with van der Waals surface area (Å²) in [5, 5.41) is 7.08. The van der Waals surface area contributed by atoms with E-state index < -0.39 is 34.5 Å². The number of amides is 4. The second-order valence-corrected chi connectivity index (χ2v) is 22.2. The van der Waals surface area contributed by atoms with E-state index in [9.17, 15) is 19.2 Å². The molecule has 344 valence electrons. The number of urea groups is 1. The van der Waals surface area contributed by atoms with Gasteiger partial charge in [-0.15, -0.1) is 11.3 Å². The molecule has 3 saturated heterocycles. The first-order valence-electron chi connectivity index (χ1n) is 22.8. The average molecular weight is 913 g/mol. The number of carbonyl (C=O) groups excluding carboxylic acids is 4. The third-order valence-corrected chi connectivity index (χ3v) is 15.6. The molecule has 0 saturated carbocycles. The number of hydrazine groups is 1. The number of benzene rings is 1. The van der Waals surface area contributed by atoms with Crippen molar-refractivity contribution in [1.29, 1.82) is 0 Å². The molecule has 8 rings (SSSR count). The number of aryl methyl sites for hydroxylation is 1. The normalized spacial score (nSPS) is 23.2. The van der Waals surface area contributed by atoms with Gasteiger partial charge in [0.15, 0.2) is 0 Å². The summed E-state index contributed by atoms with van der Waals surface area (Å²) in [4.78, 5) is 71.1. The maximum Gasteiger partial charge on any atom is 0.324 e. The van der Waals surface area contributed by atoms with Gasteiger partial charge in [-0.25, -0.2) is 15.2 Å². The van der Waals surface area contributed by atoms with Gasteiger partial charge >= 0.3 is 12.0 Å². The monoisotopic (exact) mass is 912 g/mol. The Hall–Kier alpha value is -4.68. The fourth-order valence-electron chi connectivity index (χ4n) is 10.2. The number of ether oxygens (including phenoxy) is 3. The lowest BCUT2D eigenvalue weighted by atomic mass is 9.84. The predicted molar refractivity (Wildman–Crippen MR) is 249 cm³/mol. The highest BCUT2D eigenvalue weighted by molar-refractivity contribution is 7.10. The van der Waals surface area contributed by atoms with Crippen molar-refractivity contribution in [3.63, 3.8) is 0 Å². The lowest BCUT2D eigenvalue weighted by molar-refractivity contribution is -0.156. The highest BCUT2D eigenvalue weighted by Crippen LogP contribution is 2.42. The second-order valence-electron chi connectivity index (χ2n) is 19.5. The quantitative estimate of drug-likeness (QED) is 0.185. The van der Waals surface area contributed by atoms with Crippen LogP contribution in [0.5, 0.6) is 0 Å². The Labute approximate surface area is 383 Å². The molecule has 7 heterocycles. The maximum atomic E-state index is 15.0. The Morgan fingerprint density at radius 3 is 2.59 bits per heavy atom. The number of aromatic nitrogens is 3. The number of rotatable bonds is 8. The number of cyclic esters (lactones) is 1. The Kier molecular flexibility index (Phi) is 12.9. The molecule has 4 atom stereocenters. The van der Waals surface area contributed by atoms with Crippen LogP contribution in [-0.4, -0.2) is 133 Å². The minimum Gasteiger partial charge on any atom is -0.464 e. The molecule has 3 aromatic heterocycles. The van der Waals surface area contributed by atoms with Crippen molar-refractivity contribution in [3.8, 4) is 22.5 Å². The molecule has 3 fully saturated rings. The first-order chi connectivity index (χ1) is 30.5. The summed E-state index contributed by atoms with van der Waals surface area (Å²) >= 11 is 1.45. The minimum absolute atomic E-state index is 0.135. The molecule has 0 unspecified atom stereocenters. The number of esters is 1. The number of methoxy groups -OCH3 is 1. The number of likely N-dealkylation sites (N-methyl/N-ethyl adjacent to an activating group) is 1. The van der Waals surface area contributed by atoms with E-state index in [0.29, 0.717) is 57.1 Å². The van der Waals surface area contributed by atoms with Crippen LogP contribution in [0.25, 0.3) is 33.4 Å². The van der Waals surface area contributed by atoms with Crippen molar-refractivity contribution in [2.45, 2.75) is 116 Å². The van der Waals surface area contributed by atoms with Crippen LogP contribution in [0.2, 0.25) is 0 Å². The van der Waals surface area contributed by atoms with Crippen molar-refractivity contribution >= 4 is 56.3 Å². The zero-order valence-electron chi connectivity index (χ0n) is 38.8. The van der Waals surface area contributed by atoms with Crippen LogP contribution in [0, 0.1) is 11.3 Å². The molecule has 6 bridgehead atoms. The van der Waals surface area contributed by atoms with Gasteiger partial charge in [0, 0.05) is 89.5 Å². The van der Waals surface area contributed by atoms with Gasteiger partial charge in [0.05, 0.1) is 53.6 Å². The van der Waals surface area contributed by atoms with E-state index >= 15 is 0 Å². The molecule has 4 amide bonds. The lowest BCUT2D eigenvalue weighted by Gasteiger charge is -2.47. The third-order valence-electron chi connectivity index (χ3n) is 13.7. The van der Waals surface area contributed by atoms with Crippen LogP contribution >= 0.6 is 11.3 Å². The Morgan fingerprint density at radius 2 is 1.89 bits per heavy atom. The van der Waals surface area contributed by atoms with Crippen molar-refractivity contribution in [2.24, 2.45) is 11.3 Å². The molecule has 1 spiro atoms. The molecule has 2 N–H and O–H groups in total. The summed E-state index contributed by atoms with van der Waals surface area (Å²) in [6.07, 6.45) is 5.09. The van der Waals surface area contributed by atoms with Crippen LogP contribution in [0.1, 0.15) is 89.6 Å². The largest absolute Gasteiger partial charge is 0.464 e. The maximum absolute atomic E-state index is 15.0. The Morgan fingerprint density at radius 1 is 1.11 bits per heavy atom. The van der Waals surface area contributed by atoms with Gasteiger partial charge < -0.3 is 33.9 Å². The van der Waals surface area contributed by atoms with Crippen LogP contribution < -0.4 is 10.7 Å². The molecular formula is C47H64N8O7SSi. The van der Waals surface area contributed by atoms with Crippen LogP contribution in [0.15, 0.2) is 41.9 Å². The number of carbonyl (C=O) groups is 4. The fraction of sp³-hybridized carbons (Fsp3) is 0.574. The molecule has 4 aliphatic rings. The van der Waals surface area contributed by atoms with E-state index in [0.717, 1.165) is 57.5 Å². The van der Waals surface area contributed by atoms with Gasteiger partial charge in [-0.1, -0.05) is 33.8 Å². The highest BCUT2D eigenvalue weighted by atomic mass is 32.1. The van der Waals surface area contributed by atoms with E-state index in [4.69, 9.17) is 24.2 Å². The number of likely N-dealkylation sites (tertiary alicyclic amines) is 1. The number of pyridine rings is 1. The lowest BCUT2D eigenvalue weighted by Crippen LogP contribution is -2.69. The van der Waals surface area contributed by atoms with E-state index in [2.05, 4.69) is 60.3 Å². The Balaban J connectivity index is 1.20. The number of nitrogens with zero attached hydrogens (tertiary/aromatic N) is 6. The summed E-state index contributed by atoms with van der Waals surface area (Å²) in [5.74, 6) is -1.45. The van der Waals surface area contributed by atoms with Crippen molar-refractivity contribution < 1.29 is 33.4 Å². The van der Waals surface area contributed by atoms with Gasteiger partial charge in [-0.2, -0.15) is 0 Å². The van der Waals surface area contributed by atoms with Crippen molar-refractivity contribution in [1.82, 2.24) is 40.1 Å². The highest BCUT2D eigenvalue weighted by Gasteiger charge is 2.52. The zero-order valence-corrected chi connectivity index (χ0v) is 41.6. The summed E-state index contributed by atoms with van der Waals surface area (Å²) in [7, 11) is 3.57. The number of nitrogens with one attached hydrogen (secondary N) is 2. The number of hydrogen-bond donors (Lipinski definition) is 2. The van der Waals surface area contributed by atoms with Gasteiger partial charge in [-0.3, -0.25) is 24.4 Å². The summed E-state index contributed by atoms with van der Waals surface area (Å²) < 4.78 is 19.8. The zero-order chi connectivity index (χ0) is 45.7. The summed E-state index contributed by atoms with van der Waals surface area (Å²) in [6.45, 7) is 15.0. The number of thiazole rings is 1. The van der Waals surface area contributed by atoms with Gasteiger partial charge in [0.2, 0.25) is 5.91 Å². The second kappa shape index (κ2) is 17.9. The van der Waals surface area contributed by atoms with E-state index in [-0.39, 0.29) is 52.8 Å². The predicted octanol–water partition coefficient (Wildman–Crippen LogP) is 4.84. The standard InChI is InChI=1S/C47H64N8O7SSi/c1-9-53-36-16-15-30-21-32(36)33(40(53)31-13-10-18-48-38(31)29(4)60-8)22-45(5,6)25-62-42(57)34-14-11-20-55(51-34)43(58)47(64,23-37-49-35(30)24-63-37)50-41(56)39(28(2)3)52(7)44(59)54-19-12-17-46(54)26-61-27-46/h10,13,15-16,18,21,24,28-29,34,39,51H,9,11-12,14,17,19-20,22-23,25-27H2,1-8,64H3,(H,50,56)/t29-,34-,39-,47-/m0/s1. The average Bonchev–Trinajstić information content (AvgIpc) is 4.00. The third kappa shape index (κ3) is 8.49. The molecule has 0 radical (unpaired) electrons. The molecule has 15 nitrogen and oxygen atoms in total. The van der Waals surface area contributed by atoms with E-state index in [1.54, 1.807) is 20.4 Å². The van der Waals surface area contributed by atoms with Crippen LogP contribution in [0.3, 0.4) is 0 Å². The van der Waals surface area contributed by atoms with Gasteiger partial charge in [0.25, 0.3) is 5.91 Å². The van der Waals surface area contributed by atoms with E-state index in [1.165, 1.54) is 21.2 Å². The molecule has 0 aliphatic carbocycles. The SMILES string of the molecule is CCn1c(-c2cccnc2[C@H](C)OC)c2c3cc(ccc31)-c1csc(n1)C[C@@]([SiH3])(NC(=O)[C@H](C(C)C)N(C)C(=O)N1CCCC13COC3)C(=O)N1CCC[C@H](N1)C(=O)OCC(C)(C)C2. The Bertz CT molecular complexity index is 2430. The summed E-state index contributed by atoms with van der Waals surface area (Å²) in [6, 6.07) is 8.67. The first-order valence-corrected chi connectivity index (χ1v) is 24.6. The van der Waals surface area contributed by atoms with Crippen molar-refractivity contribution in [3.05, 3.63) is 58.2 Å². The molecule has 1 aromatic carbocycles. The molecular weight excluding hydrogens is 849 g/mol. The molecule has 64 heavy (non-hydrogen) atoms. The van der Waals surface area contributed by atoms with Gasteiger partial charge in [-0.05, 0) is 81.7 Å². The van der Waals surface area contributed by atoms with Crippen LogP contribution in [0.4, 0.5) is 4.79 Å². The smallest absolute Gasteiger partial charge is 0.324 e. The molecule has 4 aliphatic heterocycles. The number of fused-ring (bicyclic) bond motifs is 6. The molecule has 17 heteroatoms. The summed E-state index contributed by atoms with van der Waals surface area (Å²) in [5.41, 5.74) is 9.15. The van der Waals surface area contributed by atoms with Crippen LogP contribution in [-0.2, 0) is 48.0 Å². The fourth-order valence-corrected chi connectivity index (χ4v) is 12.3. The van der Waals surface area contributed by atoms with Gasteiger partial charge in [0.1, 0.15) is 17.2 Å². The first kappa shape index (κ1) is 45.9. The molecule has 4 aromatic rings.